The van der Waals surface area contributed by atoms with Crippen molar-refractivity contribution in [1.29, 1.82) is 0 Å². The number of esters is 1. The average Bonchev–Trinajstić information content (AvgIpc) is 2.00. The van der Waals surface area contributed by atoms with E-state index in [0.29, 0.717) is 12.5 Å². The lowest BCUT2D eigenvalue weighted by molar-refractivity contribution is -0.145. The highest BCUT2D eigenvalue weighted by molar-refractivity contribution is 5.85. The molecule has 0 rings (SSSR count). The molecule has 0 fully saturated rings. The predicted molar refractivity (Wildman–Crippen MR) is 63.7 cm³/mol. The molecule has 0 radical (unpaired) electrons. The molecule has 5 heteroatoms. The summed E-state index contributed by atoms with van der Waals surface area (Å²) < 4.78 is 4.80. The first kappa shape index (κ1) is 17.6. The summed E-state index contributed by atoms with van der Waals surface area (Å²) in [5.74, 6) is -0.875. The molecular weight excluding hydrogens is 232 g/mol. The quantitative estimate of drug-likeness (QED) is 0.707. The molecule has 0 aliphatic rings. The maximum atomic E-state index is 11.2. The Morgan fingerprint density at radius 3 is 2.19 bits per heavy atom. The van der Waals surface area contributed by atoms with E-state index in [-0.39, 0.29) is 37.1 Å². The molecule has 0 aliphatic heterocycles. The second kappa shape index (κ2) is 9.46. The molecule has 0 aromatic carbocycles. The average molecular weight is 253 g/mol. The van der Waals surface area contributed by atoms with E-state index in [4.69, 9.17) is 9.84 Å². The summed E-state index contributed by atoms with van der Waals surface area (Å²) in [7, 11) is 0. The van der Waals surface area contributed by atoms with E-state index in [1.54, 1.807) is 6.92 Å². The topological polar surface area (TPSA) is 63.6 Å². The molecule has 0 unspecified atom stereocenters. The van der Waals surface area contributed by atoms with Crippen LogP contribution < -0.4 is 0 Å². The van der Waals surface area contributed by atoms with Gasteiger partial charge in [-0.25, -0.2) is 0 Å². The van der Waals surface area contributed by atoms with Gasteiger partial charge in [0, 0.05) is 12.8 Å². The summed E-state index contributed by atoms with van der Waals surface area (Å²) in [6, 6.07) is 0. The van der Waals surface area contributed by atoms with Gasteiger partial charge in [-0.3, -0.25) is 9.59 Å². The van der Waals surface area contributed by atoms with E-state index in [0.717, 1.165) is 6.42 Å². The van der Waals surface area contributed by atoms with Crippen LogP contribution in [0.2, 0.25) is 0 Å². The molecule has 4 nitrogen and oxygen atoms in total. The SMILES string of the molecule is CCOC(=O)C[C@H](CC(=O)O)CC(C)C.Cl. The van der Waals surface area contributed by atoms with Gasteiger partial charge >= 0.3 is 11.9 Å². The van der Waals surface area contributed by atoms with Crippen molar-refractivity contribution in [2.45, 2.75) is 40.0 Å². The summed E-state index contributed by atoms with van der Waals surface area (Å²) in [5, 5.41) is 8.69. The molecule has 0 heterocycles. The fourth-order valence-corrected chi connectivity index (χ4v) is 1.61. The van der Waals surface area contributed by atoms with Crippen LogP contribution in [0.3, 0.4) is 0 Å². The lowest BCUT2D eigenvalue weighted by atomic mass is 9.91. The number of ether oxygens (including phenoxy) is 1. The number of carboxylic acid groups (broad SMARTS) is 1. The Morgan fingerprint density at radius 2 is 1.81 bits per heavy atom. The Balaban J connectivity index is 0. The Hall–Kier alpha value is -0.770. The van der Waals surface area contributed by atoms with Gasteiger partial charge in [-0.2, -0.15) is 0 Å². The number of aliphatic carboxylic acids is 1. The predicted octanol–water partition coefficient (Wildman–Crippen LogP) is 2.50. The molecule has 0 aromatic rings. The molecule has 1 N–H and O–H groups in total. The number of carboxylic acids is 1. The molecule has 0 saturated heterocycles. The van der Waals surface area contributed by atoms with Crippen LogP contribution in [0.5, 0.6) is 0 Å². The van der Waals surface area contributed by atoms with Gasteiger partial charge in [0.2, 0.25) is 0 Å². The van der Waals surface area contributed by atoms with Crippen LogP contribution >= 0.6 is 12.4 Å². The first-order valence-electron chi connectivity index (χ1n) is 5.33. The zero-order valence-corrected chi connectivity index (χ0v) is 10.9. The number of carbonyl (C=O) groups is 2. The second-order valence-corrected chi connectivity index (χ2v) is 4.10. The van der Waals surface area contributed by atoms with Gasteiger partial charge in [0.25, 0.3) is 0 Å². The third-order valence-electron chi connectivity index (χ3n) is 2.03. The van der Waals surface area contributed by atoms with E-state index in [1.165, 1.54) is 0 Å². The molecule has 0 saturated carbocycles. The Labute approximate surface area is 103 Å². The minimum Gasteiger partial charge on any atom is -0.481 e. The van der Waals surface area contributed by atoms with Gasteiger partial charge < -0.3 is 9.84 Å². The summed E-state index contributed by atoms with van der Waals surface area (Å²) in [4.78, 5) is 21.8. The second-order valence-electron chi connectivity index (χ2n) is 4.10. The lowest BCUT2D eigenvalue weighted by Gasteiger charge is -2.15. The molecule has 1 atom stereocenters. The first-order valence-corrected chi connectivity index (χ1v) is 5.33. The molecule has 0 bridgehead atoms. The van der Waals surface area contributed by atoms with Gasteiger partial charge in [0.1, 0.15) is 0 Å². The summed E-state index contributed by atoms with van der Waals surface area (Å²) >= 11 is 0. The number of hydrogen-bond acceptors (Lipinski definition) is 3. The minimum atomic E-state index is -0.857. The maximum absolute atomic E-state index is 11.2. The Morgan fingerprint density at radius 1 is 1.25 bits per heavy atom. The van der Waals surface area contributed by atoms with Crippen molar-refractivity contribution in [3.05, 3.63) is 0 Å². The van der Waals surface area contributed by atoms with Gasteiger partial charge in [0.05, 0.1) is 6.61 Å². The molecule has 0 aromatic heterocycles. The van der Waals surface area contributed by atoms with Crippen LogP contribution in [0.25, 0.3) is 0 Å². The van der Waals surface area contributed by atoms with E-state index in [9.17, 15) is 9.59 Å². The van der Waals surface area contributed by atoms with Gasteiger partial charge in [0.15, 0.2) is 0 Å². The van der Waals surface area contributed by atoms with Gasteiger partial charge in [-0.15, -0.1) is 12.4 Å². The highest BCUT2D eigenvalue weighted by Gasteiger charge is 2.19. The molecule has 16 heavy (non-hydrogen) atoms. The largest absolute Gasteiger partial charge is 0.481 e. The monoisotopic (exact) mass is 252 g/mol. The van der Waals surface area contributed by atoms with E-state index < -0.39 is 5.97 Å². The Kier molecular flexibility index (Phi) is 10.4. The Bertz CT molecular complexity index is 216. The standard InChI is InChI=1S/C11H20O4.ClH/c1-4-15-11(14)7-9(5-8(2)3)6-10(12)13;/h8-9H,4-7H2,1-3H3,(H,12,13);1H/t9-;/m0./s1. The van der Waals surface area contributed by atoms with Crippen molar-refractivity contribution in [3.8, 4) is 0 Å². The number of hydrogen-bond donors (Lipinski definition) is 1. The number of halogens is 1. The van der Waals surface area contributed by atoms with E-state index in [1.807, 2.05) is 13.8 Å². The normalized spacial score (nSPS) is 11.8. The van der Waals surface area contributed by atoms with Crippen molar-refractivity contribution in [2.24, 2.45) is 11.8 Å². The third kappa shape index (κ3) is 9.77. The van der Waals surface area contributed by atoms with Crippen molar-refractivity contribution in [2.75, 3.05) is 6.61 Å². The zero-order chi connectivity index (χ0) is 11.8. The zero-order valence-electron chi connectivity index (χ0n) is 10.1. The van der Waals surface area contributed by atoms with Gasteiger partial charge in [-0.05, 0) is 25.2 Å². The van der Waals surface area contributed by atoms with Crippen molar-refractivity contribution < 1.29 is 19.4 Å². The van der Waals surface area contributed by atoms with Crippen LogP contribution in [-0.4, -0.2) is 23.7 Å². The molecular formula is C11H21ClO4. The first-order chi connectivity index (χ1) is 6.95. The smallest absolute Gasteiger partial charge is 0.306 e. The van der Waals surface area contributed by atoms with Crippen LogP contribution in [0.4, 0.5) is 0 Å². The van der Waals surface area contributed by atoms with E-state index >= 15 is 0 Å². The molecule has 0 amide bonds. The van der Waals surface area contributed by atoms with Crippen molar-refractivity contribution in [1.82, 2.24) is 0 Å². The number of carbonyl (C=O) groups excluding carboxylic acids is 1. The fourth-order valence-electron chi connectivity index (χ4n) is 1.61. The number of rotatable bonds is 7. The highest BCUT2D eigenvalue weighted by atomic mass is 35.5. The van der Waals surface area contributed by atoms with Crippen molar-refractivity contribution >= 4 is 24.3 Å². The summed E-state index contributed by atoms with van der Waals surface area (Å²) in [5.41, 5.74) is 0. The molecule has 0 aliphatic carbocycles. The molecule has 96 valence electrons. The summed E-state index contributed by atoms with van der Waals surface area (Å²) in [6.07, 6.45) is 0.987. The highest BCUT2D eigenvalue weighted by Crippen LogP contribution is 2.19. The van der Waals surface area contributed by atoms with Crippen molar-refractivity contribution in [3.63, 3.8) is 0 Å². The third-order valence-corrected chi connectivity index (χ3v) is 2.03. The van der Waals surface area contributed by atoms with Gasteiger partial charge in [-0.1, -0.05) is 13.8 Å². The minimum absolute atomic E-state index is 0. The maximum Gasteiger partial charge on any atom is 0.306 e. The van der Waals surface area contributed by atoms with Crippen LogP contribution in [0, 0.1) is 11.8 Å². The van der Waals surface area contributed by atoms with Crippen LogP contribution in [-0.2, 0) is 14.3 Å². The lowest BCUT2D eigenvalue weighted by Crippen LogP contribution is -2.16. The van der Waals surface area contributed by atoms with Crippen LogP contribution in [0.15, 0.2) is 0 Å². The fraction of sp³-hybridized carbons (Fsp3) is 0.818. The summed E-state index contributed by atoms with van der Waals surface area (Å²) in [6.45, 7) is 6.12. The molecule has 0 spiro atoms. The van der Waals surface area contributed by atoms with Crippen LogP contribution in [0.1, 0.15) is 40.0 Å². The van der Waals surface area contributed by atoms with E-state index in [2.05, 4.69) is 0 Å².